The largest absolute Gasteiger partial charge is 0.329 e. The van der Waals surface area contributed by atoms with E-state index in [1.807, 2.05) is 17.7 Å². The van der Waals surface area contributed by atoms with Gasteiger partial charge in [-0.2, -0.15) is 5.10 Å². The van der Waals surface area contributed by atoms with Crippen LogP contribution in [0.4, 0.5) is 14.9 Å². The lowest BCUT2D eigenvalue weighted by Crippen LogP contribution is -2.30. The lowest BCUT2D eigenvalue weighted by molar-refractivity contribution is -0.125. The average Bonchev–Trinajstić information content (AvgIpc) is 3.48. The third-order valence-corrected chi connectivity index (χ3v) is 6.71. The van der Waals surface area contributed by atoms with Crippen LogP contribution in [-0.4, -0.2) is 39.1 Å². The molecule has 1 aliphatic heterocycles. The Balaban J connectivity index is 1.29. The fourth-order valence-corrected chi connectivity index (χ4v) is 4.83. The molecule has 4 amide bonds. The highest BCUT2D eigenvalue weighted by Crippen LogP contribution is 2.29. The normalized spacial score (nSPS) is 13.5. The van der Waals surface area contributed by atoms with Crippen molar-refractivity contribution in [2.45, 2.75) is 20.0 Å². The summed E-state index contributed by atoms with van der Waals surface area (Å²) in [7, 11) is 0. The van der Waals surface area contributed by atoms with Crippen LogP contribution in [0.1, 0.15) is 26.5 Å². The smallest absolute Gasteiger partial charge is 0.324 e. The van der Waals surface area contributed by atoms with E-state index in [-0.39, 0.29) is 30.7 Å². The number of aromatic nitrogens is 2. The summed E-state index contributed by atoms with van der Waals surface area (Å²) in [5.74, 6) is -0.792. The maximum absolute atomic E-state index is 13.2. The molecule has 1 saturated heterocycles. The fraction of sp³-hybridized carbons (Fsp3) is 0.167. The number of nitrogens with zero attached hydrogens (tertiary/aromatic N) is 3. The van der Waals surface area contributed by atoms with Gasteiger partial charge in [-0.05, 0) is 48.4 Å². The Hall–Kier alpha value is -4.05. The molecule has 2 aromatic carbocycles. The van der Waals surface area contributed by atoms with Crippen LogP contribution in [0.2, 0.25) is 0 Å². The number of imide groups is 1. The quantitative estimate of drug-likeness (QED) is 0.412. The van der Waals surface area contributed by atoms with E-state index in [0.29, 0.717) is 17.1 Å². The molecular weight excluding hydrogens is 457 g/mol. The van der Waals surface area contributed by atoms with Crippen LogP contribution in [0.15, 0.2) is 54.6 Å². The van der Waals surface area contributed by atoms with Gasteiger partial charge in [-0.3, -0.25) is 19.2 Å². The van der Waals surface area contributed by atoms with E-state index in [1.165, 1.54) is 23.5 Å². The van der Waals surface area contributed by atoms with Gasteiger partial charge >= 0.3 is 6.03 Å². The molecule has 0 unspecified atom stereocenters. The van der Waals surface area contributed by atoms with E-state index in [0.717, 1.165) is 31.9 Å². The fourth-order valence-electron chi connectivity index (χ4n) is 3.78. The predicted octanol–water partition coefficient (Wildman–Crippen LogP) is 3.90. The van der Waals surface area contributed by atoms with Gasteiger partial charge in [0, 0.05) is 11.1 Å². The van der Waals surface area contributed by atoms with Crippen LogP contribution in [-0.2, 0) is 17.9 Å². The molecule has 2 aromatic heterocycles. The molecule has 1 fully saturated rings. The second kappa shape index (κ2) is 8.71. The van der Waals surface area contributed by atoms with Gasteiger partial charge in [0.2, 0.25) is 5.91 Å². The monoisotopic (exact) mass is 477 g/mol. The van der Waals surface area contributed by atoms with Crippen LogP contribution < -0.4 is 10.6 Å². The van der Waals surface area contributed by atoms with Gasteiger partial charge in [0.1, 0.15) is 10.6 Å². The number of thiophene rings is 1. The first-order valence-electron chi connectivity index (χ1n) is 10.6. The van der Waals surface area contributed by atoms with Gasteiger partial charge in [0.25, 0.3) is 5.91 Å². The van der Waals surface area contributed by atoms with Crippen molar-refractivity contribution in [1.29, 1.82) is 0 Å². The molecule has 0 bridgehead atoms. The van der Waals surface area contributed by atoms with Crippen molar-refractivity contribution in [2.24, 2.45) is 0 Å². The van der Waals surface area contributed by atoms with Crippen molar-refractivity contribution < 1.29 is 18.8 Å². The number of carbonyl (C=O) groups excluding carboxylic acids is 3. The number of carbonyl (C=O) groups is 3. The molecule has 5 rings (SSSR count). The molecule has 1 aliphatic rings. The highest BCUT2D eigenvalue weighted by atomic mass is 32.1. The van der Waals surface area contributed by atoms with Gasteiger partial charge in [0.05, 0.1) is 30.2 Å². The highest BCUT2D eigenvalue weighted by molar-refractivity contribution is 7.20. The van der Waals surface area contributed by atoms with Crippen molar-refractivity contribution in [2.75, 3.05) is 11.9 Å². The summed E-state index contributed by atoms with van der Waals surface area (Å²) in [4.78, 5) is 38.9. The third kappa shape index (κ3) is 4.27. The zero-order valence-electron chi connectivity index (χ0n) is 18.2. The van der Waals surface area contributed by atoms with Crippen LogP contribution >= 0.6 is 11.3 Å². The molecule has 0 spiro atoms. The zero-order valence-corrected chi connectivity index (χ0v) is 19.0. The minimum absolute atomic E-state index is 0.0171. The van der Waals surface area contributed by atoms with E-state index >= 15 is 0 Å². The molecule has 0 saturated carbocycles. The number of rotatable bonds is 6. The first-order chi connectivity index (χ1) is 16.4. The van der Waals surface area contributed by atoms with E-state index in [9.17, 15) is 18.8 Å². The van der Waals surface area contributed by atoms with Gasteiger partial charge in [0.15, 0.2) is 0 Å². The summed E-state index contributed by atoms with van der Waals surface area (Å²) in [6, 6.07) is 14.7. The summed E-state index contributed by atoms with van der Waals surface area (Å²) in [6.07, 6.45) is 0. The number of halogens is 1. The third-order valence-electron chi connectivity index (χ3n) is 5.57. The molecule has 0 aliphatic carbocycles. The number of hydrogen-bond acceptors (Lipinski definition) is 5. The molecule has 3 heterocycles. The minimum atomic E-state index is -0.402. The number of anilines is 1. The standard InChI is InChI=1S/C24H20FN5O3S/c1-14-19-10-20(34-23(19)30(28-14)13-16-2-6-17(25)7-3-16)22(32)27-18-8-4-15(5-9-18)12-29-21(31)11-26-24(29)33/h2-10H,11-13H2,1H3,(H,26,33)(H,27,32). The molecule has 8 nitrogen and oxygen atoms in total. The second-order valence-corrected chi connectivity index (χ2v) is 9.02. The summed E-state index contributed by atoms with van der Waals surface area (Å²) in [6.45, 7) is 2.56. The van der Waals surface area contributed by atoms with E-state index in [2.05, 4.69) is 15.7 Å². The Bertz CT molecular complexity index is 1390. The summed E-state index contributed by atoms with van der Waals surface area (Å²) in [5.41, 5.74) is 3.12. The van der Waals surface area contributed by atoms with Crippen molar-refractivity contribution in [1.82, 2.24) is 20.0 Å². The molecule has 172 valence electrons. The predicted molar refractivity (Wildman–Crippen MR) is 126 cm³/mol. The second-order valence-electron chi connectivity index (χ2n) is 7.99. The number of nitrogens with one attached hydrogen (secondary N) is 2. The maximum Gasteiger partial charge on any atom is 0.324 e. The SMILES string of the molecule is Cc1nn(Cc2ccc(F)cc2)c2sc(C(=O)Nc3ccc(CN4C(=O)CNC4=O)cc3)cc12. The number of hydrogen-bond donors (Lipinski definition) is 2. The number of fused-ring (bicyclic) bond motifs is 1. The molecule has 10 heteroatoms. The Morgan fingerprint density at radius 2 is 1.76 bits per heavy atom. The van der Waals surface area contributed by atoms with Crippen LogP contribution in [0.25, 0.3) is 10.2 Å². The van der Waals surface area contributed by atoms with Gasteiger partial charge in [-0.1, -0.05) is 24.3 Å². The first-order valence-corrected chi connectivity index (χ1v) is 11.4. The van der Waals surface area contributed by atoms with Crippen molar-refractivity contribution in [3.05, 3.63) is 82.1 Å². The van der Waals surface area contributed by atoms with E-state index < -0.39 is 6.03 Å². The molecule has 4 aromatic rings. The lowest BCUT2D eigenvalue weighted by atomic mass is 10.2. The zero-order chi connectivity index (χ0) is 23.8. The Kier molecular flexibility index (Phi) is 5.58. The molecule has 2 N–H and O–H groups in total. The van der Waals surface area contributed by atoms with Gasteiger partial charge in [-0.15, -0.1) is 11.3 Å². The molecular formula is C24H20FN5O3S. The Morgan fingerprint density at radius 1 is 1.09 bits per heavy atom. The molecule has 0 radical (unpaired) electrons. The average molecular weight is 478 g/mol. The summed E-state index contributed by atoms with van der Waals surface area (Å²) < 4.78 is 15.0. The van der Waals surface area contributed by atoms with Gasteiger partial charge < -0.3 is 10.6 Å². The Labute approximate surface area is 198 Å². The Morgan fingerprint density at radius 3 is 2.44 bits per heavy atom. The number of benzene rings is 2. The van der Waals surface area contributed by atoms with Crippen LogP contribution in [0.3, 0.4) is 0 Å². The lowest BCUT2D eigenvalue weighted by Gasteiger charge is -2.12. The molecule has 0 atom stereocenters. The van der Waals surface area contributed by atoms with Gasteiger partial charge in [-0.25, -0.2) is 9.18 Å². The minimum Gasteiger partial charge on any atom is -0.329 e. The van der Waals surface area contributed by atoms with E-state index in [1.54, 1.807) is 36.4 Å². The molecule has 34 heavy (non-hydrogen) atoms. The first kappa shape index (κ1) is 21.8. The number of urea groups is 1. The van der Waals surface area contributed by atoms with Crippen molar-refractivity contribution in [3.63, 3.8) is 0 Å². The van der Waals surface area contributed by atoms with Crippen molar-refractivity contribution >= 4 is 45.1 Å². The van der Waals surface area contributed by atoms with Crippen LogP contribution in [0.5, 0.6) is 0 Å². The summed E-state index contributed by atoms with van der Waals surface area (Å²) >= 11 is 1.35. The highest BCUT2D eigenvalue weighted by Gasteiger charge is 2.28. The maximum atomic E-state index is 13.2. The summed E-state index contributed by atoms with van der Waals surface area (Å²) in [5, 5.41) is 10.8. The van der Waals surface area contributed by atoms with Crippen molar-refractivity contribution in [3.8, 4) is 0 Å². The number of amides is 4. The van der Waals surface area contributed by atoms with E-state index in [4.69, 9.17) is 0 Å². The number of aryl methyl sites for hydroxylation is 1. The van der Waals surface area contributed by atoms with Crippen LogP contribution in [0, 0.1) is 12.7 Å². The topological polar surface area (TPSA) is 96.3 Å².